The van der Waals surface area contributed by atoms with Crippen LogP contribution in [0.15, 0.2) is 190 Å². The average Bonchev–Trinajstić information content (AvgIpc) is 1.69. The monoisotopic (exact) mass is 1310 g/mol. The van der Waals surface area contributed by atoms with Crippen LogP contribution in [0.2, 0.25) is 5.02 Å². The lowest BCUT2D eigenvalue weighted by Crippen LogP contribution is -2.36. The Morgan fingerprint density at radius 1 is 0.412 bits per heavy atom. The number of rotatable bonds is 17. The normalized spacial score (nSPS) is 16.2. The van der Waals surface area contributed by atoms with Crippen molar-refractivity contribution in [3.8, 4) is 0 Å². The molecule has 0 unspecified atom stereocenters. The molecule has 3 aromatic carbocycles. The fourth-order valence-electron chi connectivity index (χ4n) is 12.6. The van der Waals surface area contributed by atoms with Gasteiger partial charge in [0.1, 0.15) is 0 Å². The Balaban J connectivity index is 0.000000131. The molecule has 0 saturated carbocycles. The molecule has 20 heteroatoms. The fraction of sp³-hybridized carbons (Fsp3) is 0.273. The number of carbonyl (C=O) groups excluding carboxylic acids is 1. The Kier molecular flexibility index (Phi) is 20.6. The van der Waals surface area contributed by atoms with E-state index in [4.69, 9.17) is 35.8 Å². The van der Waals surface area contributed by atoms with Crippen molar-refractivity contribution in [2.75, 3.05) is 93.6 Å². The third-order valence-electron chi connectivity index (χ3n) is 18.1. The lowest BCUT2D eigenvalue weighted by molar-refractivity contribution is 0.0929. The Labute approximate surface area is 571 Å². The quantitative estimate of drug-likeness (QED) is 0.0775. The molecule has 9 heterocycles. The number of morpholine rings is 3. The summed E-state index contributed by atoms with van der Waals surface area (Å²) >= 11 is 6.06. The number of nitrogens with one attached hydrogen (secondary N) is 3. The van der Waals surface area contributed by atoms with Crippen LogP contribution in [0.25, 0.3) is 28.1 Å². The van der Waals surface area contributed by atoms with Crippen molar-refractivity contribution in [3.63, 3.8) is 0 Å². The minimum atomic E-state index is -0.328. The zero-order chi connectivity index (χ0) is 66.6. The van der Waals surface area contributed by atoms with Gasteiger partial charge < -0.3 is 44.9 Å². The SMILES string of the molecule is C=C(N[C@@H](C)c1ccccc1)c1ncc(C2=CCc3ncc(N4CCOCC4)cc32)cn1.C=C(N[C@@H](C)c1ccccc1)c1ncc(C2=CCc3ncc(N4CCOCC4)cc32)cn1.C[C@@H](NC(=O)c1ncc(C2=CCc3ncc(N4CCOCC4)cc32)cn1)c1cccc(Cl)c1. The van der Waals surface area contributed by atoms with E-state index in [2.05, 4.69) is 153 Å². The van der Waals surface area contributed by atoms with Gasteiger partial charge in [-0.2, -0.15) is 0 Å². The van der Waals surface area contributed by atoms with Crippen LogP contribution in [-0.2, 0) is 33.5 Å². The lowest BCUT2D eigenvalue weighted by atomic mass is 10.0. The van der Waals surface area contributed by atoms with Crippen LogP contribution in [0.4, 0.5) is 17.1 Å². The van der Waals surface area contributed by atoms with E-state index in [0.29, 0.717) is 28.1 Å². The standard InChI is InChI=1S/2C26H27N5O.C25H24ClN5O2/c2*1-18(20-6-4-3-5-7-20)30-19(2)26-28-15-21(16-29-26)23-8-9-25-24(23)14-22(17-27-25)31-10-12-32-13-11-31;1-16(17-3-2-4-19(26)11-17)30-25(32)24-28-13-18(14-29-24)21-5-6-23-22(21)12-20(15-27-23)31-7-9-33-10-8-31/h2*3-8,14-18,30H,2,9-13H2,1H3;2-5,11-16H,6-10H2,1H3,(H,30,32)/t2*18-;16-/m001/s1. The van der Waals surface area contributed by atoms with Gasteiger partial charge in [-0.15, -0.1) is 0 Å². The second-order valence-corrected chi connectivity index (χ2v) is 24.9. The number of halogens is 1. The van der Waals surface area contributed by atoms with E-state index in [1.807, 2.05) is 105 Å². The molecule has 19 nitrogen and oxygen atoms in total. The molecule has 6 aromatic heterocycles. The van der Waals surface area contributed by atoms with E-state index in [-0.39, 0.29) is 29.9 Å². The van der Waals surface area contributed by atoms with Gasteiger partial charge in [0.05, 0.1) is 110 Å². The van der Waals surface area contributed by atoms with Crippen molar-refractivity contribution in [2.45, 2.75) is 58.2 Å². The second kappa shape index (κ2) is 30.6. The summed E-state index contributed by atoms with van der Waals surface area (Å²) in [5, 5.41) is 10.4. The van der Waals surface area contributed by atoms with Crippen molar-refractivity contribution in [2.24, 2.45) is 0 Å². The Hall–Kier alpha value is -10.3. The van der Waals surface area contributed by atoms with Crippen LogP contribution in [0, 0.1) is 0 Å². The highest BCUT2D eigenvalue weighted by Gasteiger charge is 2.26. The predicted octanol–water partition coefficient (Wildman–Crippen LogP) is 11.9. The average molecular weight is 1310 g/mol. The Morgan fingerprint density at radius 3 is 1.09 bits per heavy atom. The molecule has 0 radical (unpaired) electrons. The second-order valence-electron chi connectivity index (χ2n) is 24.5. The first kappa shape index (κ1) is 65.4. The number of hydrogen-bond acceptors (Lipinski definition) is 18. The molecule has 3 aliphatic heterocycles. The molecule has 492 valence electrons. The van der Waals surface area contributed by atoms with E-state index in [1.54, 1.807) is 18.5 Å². The molecule has 3 fully saturated rings. The maximum absolute atomic E-state index is 12.7. The highest BCUT2D eigenvalue weighted by molar-refractivity contribution is 6.30. The van der Waals surface area contributed by atoms with Gasteiger partial charge in [0.2, 0.25) is 5.82 Å². The first-order valence-electron chi connectivity index (χ1n) is 33.1. The van der Waals surface area contributed by atoms with Crippen LogP contribution in [0.1, 0.15) is 128 Å². The highest BCUT2D eigenvalue weighted by atomic mass is 35.5. The van der Waals surface area contributed by atoms with E-state index >= 15 is 0 Å². The van der Waals surface area contributed by atoms with E-state index < -0.39 is 0 Å². The Bertz CT molecular complexity index is 4180. The molecule has 6 aliphatic rings. The van der Waals surface area contributed by atoms with Gasteiger partial charge in [-0.05, 0) is 84.5 Å². The zero-order valence-electron chi connectivity index (χ0n) is 54.9. The minimum Gasteiger partial charge on any atom is -0.378 e. The topological polar surface area (TPSA) is 207 Å². The van der Waals surface area contributed by atoms with Crippen LogP contribution >= 0.6 is 11.6 Å². The lowest BCUT2D eigenvalue weighted by Gasteiger charge is -2.29. The number of fused-ring (bicyclic) bond motifs is 3. The molecule has 3 N–H and O–H groups in total. The van der Waals surface area contributed by atoms with E-state index in [0.717, 1.165) is 177 Å². The summed E-state index contributed by atoms with van der Waals surface area (Å²) in [6.45, 7) is 24.2. The highest BCUT2D eigenvalue weighted by Crippen LogP contribution is 2.37. The third kappa shape index (κ3) is 15.7. The molecule has 3 saturated heterocycles. The number of nitrogens with zero attached hydrogens (tertiary/aromatic N) is 12. The molecule has 0 bridgehead atoms. The summed E-state index contributed by atoms with van der Waals surface area (Å²) in [6.07, 6.45) is 25.8. The summed E-state index contributed by atoms with van der Waals surface area (Å²) in [7, 11) is 0. The van der Waals surface area contributed by atoms with E-state index in [1.165, 1.54) is 22.3 Å². The van der Waals surface area contributed by atoms with Crippen molar-refractivity contribution in [3.05, 3.63) is 280 Å². The number of amides is 1. The van der Waals surface area contributed by atoms with Crippen LogP contribution < -0.4 is 30.7 Å². The molecule has 9 aromatic rings. The summed E-state index contributed by atoms with van der Waals surface area (Å²) < 4.78 is 16.4. The Morgan fingerprint density at radius 2 is 0.742 bits per heavy atom. The van der Waals surface area contributed by atoms with Crippen molar-refractivity contribution in [1.82, 2.24) is 60.8 Å². The summed E-state index contributed by atoms with van der Waals surface area (Å²) in [5.74, 6) is 1.02. The number of aromatic nitrogens is 9. The molecule has 97 heavy (non-hydrogen) atoms. The number of pyridine rings is 3. The number of hydrogen-bond donors (Lipinski definition) is 3. The summed E-state index contributed by atoms with van der Waals surface area (Å²) in [6, 6.07) is 34.7. The first-order valence-corrected chi connectivity index (χ1v) is 33.5. The van der Waals surface area contributed by atoms with Crippen molar-refractivity contribution < 1.29 is 19.0 Å². The molecule has 0 spiro atoms. The van der Waals surface area contributed by atoms with E-state index in [9.17, 15) is 4.79 Å². The number of carbonyl (C=O) groups is 1. The van der Waals surface area contributed by atoms with Gasteiger partial charge in [-0.3, -0.25) is 19.7 Å². The van der Waals surface area contributed by atoms with Gasteiger partial charge in [0.25, 0.3) is 5.91 Å². The van der Waals surface area contributed by atoms with Gasteiger partial charge in [0, 0.05) is 146 Å². The molecular weight excluding hydrogens is 1230 g/mol. The maximum Gasteiger partial charge on any atom is 0.289 e. The number of allylic oxidation sites excluding steroid dienone is 3. The van der Waals surface area contributed by atoms with Gasteiger partial charge >= 0.3 is 0 Å². The largest absolute Gasteiger partial charge is 0.378 e. The van der Waals surface area contributed by atoms with Gasteiger partial charge in [-0.1, -0.05) is 116 Å². The fourth-order valence-corrected chi connectivity index (χ4v) is 12.8. The van der Waals surface area contributed by atoms with Crippen LogP contribution in [-0.4, -0.2) is 130 Å². The summed E-state index contributed by atoms with van der Waals surface area (Å²) in [4.78, 5) is 60.8. The van der Waals surface area contributed by atoms with Crippen molar-refractivity contribution in [1.29, 1.82) is 0 Å². The molecule has 1 amide bonds. The minimum absolute atomic E-state index is 0.126. The van der Waals surface area contributed by atoms with Crippen LogP contribution in [0.5, 0.6) is 0 Å². The first-order chi connectivity index (χ1) is 47.5. The van der Waals surface area contributed by atoms with Gasteiger partial charge in [-0.25, -0.2) is 29.9 Å². The van der Waals surface area contributed by atoms with Gasteiger partial charge in [0.15, 0.2) is 11.6 Å². The molecular formula is C77H78ClN15O4. The molecule has 3 atom stereocenters. The smallest absolute Gasteiger partial charge is 0.289 e. The maximum atomic E-state index is 12.7. The zero-order valence-corrected chi connectivity index (χ0v) is 55.6. The molecule has 3 aliphatic carbocycles. The predicted molar refractivity (Wildman–Crippen MR) is 382 cm³/mol. The number of benzene rings is 3. The molecule has 15 rings (SSSR count). The van der Waals surface area contributed by atoms with Crippen LogP contribution in [0.3, 0.4) is 0 Å². The number of ether oxygens (including phenoxy) is 3. The van der Waals surface area contributed by atoms with Crippen molar-refractivity contribution >= 4 is 62.7 Å². The summed E-state index contributed by atoms with van der Waals surface area (Å²) in [5.41, 5.74) is 21.0. The third-order valence-corrected chi connectivity index (χ3v) is 18.3. The number of anilines is 3.